The summed E-state index contributed by atoms with van der Waals surface area (Å²) in [6.07, 6.45) is 1.71. The molecule has 0 amide bonds. The molecule has 0 saturated carbocycles. The zero-order valence-electron chi connectivity index (χ0n) is 7.27. The number of hydrogen-bond acceptors (Lipinski definition) is 4. The minimum absolute atomic E-state index is 0.220. The van der Waals surface area contributed by atoms with E-state index >= 15 is 0 Å². The summed E-state index contributed by atoms with van der Waals surface area (Å²) in [7, 11) is 0. The minimum Gasteiger partial charge on any atom is -0.399 e. The van der Waals surface area contributed by atoms with E-state index in [1.165, 1.54) is 0 Å². The van der Waals surface area contributed by atoms with E-state index in [0.717, 1.165) is 11.4 Å². The van der Waals surface area contributed by atoms with E-state index in [2.05, 4.69) is 4.98 Å². The molecule has 2 rings (SSSR count). The van der Waals surface area contributed by atoms with Crippen molar-refractivity contribution in [3.8, 4) is 0 Å². The van der Waals surface area contributed by atoms with Gasteiger partial charge in [-0.3, -0.25) is 4.98 Å². The number of ether oxygens (including phenoxy) is 2. The van der Waals surface area contributed by atoms with Gasteiger partial charge in [0.2, 0.25) is 0 Å². The fraction of sp³-hybridized carbons (Fsp3) is 0.444. The van der Waals surface area contributed by atoms with Crippen molar-refractivity contribution in [3.63, 3.8) is 0 Å². The van der Waals surface area contributed by atoms with Crippen molar-refractivity contribution in [1.29, 1.82) is 0 Å². The van der Waals surface area contributed by atoms with Gasteiger partial charge in [-0.25, -0.2) is 0 Å². The molecule has 0 unspecified atom stereocenters. The first-order chi connectivity index (χ1) is 6.36. The molecule has 1 aliphatic rings. The summed E-state index contributed by atoms with van der Waals surface area (Å²) in [5, 5.41) is 0. The topological polar surface area (TPSA) is 57.4 Å². The molecular weight excluding hydrogens is 168 g/mol. The van der Waals surface area contributed by atoms with Crippen LogP contribution >= 0.6 is 0 Å². The molecule has 0 aromatic carbocycles. The van der Waals surface area contributed by atoms with Crippen molar-refractivity contribution < 1.29 is 9.47 Å². The lowest BCUT2D eigenvalue weighted by atomic mass is 10.1. The number of rotatable bonds is 1. The molecule has 1 aliphatic heterocycles. The number of anilines is 1. The molecular formula is C9H12N2O2. The summed E-state index contributed by atoms with van der Waals surface area (Å²) in [5.41, 5.74) is 7.32. The summed E-state index contributed by atoms with van der Waals surface area (Å²) < 4.78 is 10.3. The van der Waals surface area contributed by atoms with Crippen LogP contribution < -0.4 is 5.73 Å². The maximum Gasteiger partial charge on any atom is 0.146 e. The van der Waals surface area contributed by atoms with Gasteiger partial charge in [0, 0.05) is 17.8 Å². The Labute approximate surface area is 76.7 Å². The van der Waals surface area contributed by atoms with Gasteiger partial charge in [0.15, 0.2) is 0 Å². The molecule has 0 radical (unpaired) electrons. The second-order valence-corrected chi connectivity index (χ2v) is 3.07. The SMILES string of the molecule is Nc1ccnc(C2COCOC2)c1. The maximum absolute atomic E-state index is 5.64. The third-order valence-corrected chi connectivity index (χ3v) is 2.03. The first kappa shape index (κ1) is 8.47. The second kappa shape index (κ2) is 3.72. The van der Waals surface area contributed by atoms with E-state index in [1.807, 2.05) is 6.07 Å². The predicted molar refractivity (Wildman–Crippen MR) is 48.2 cm³/mol. The highest BCUT2D eigenvalue weighted by atomic mass is 16.7. The molecule has 1 aromatic rings. The highest BCUT2D eigenvalue weighted by Gasteiger charge is 2.17. The molecule has 1 saturated heterocycles. The Morgan fingerprint density at radius 2 is 2.15 bits per heavy atom. The van der Waals surface area contributed by atoms with Crippen LogP contribution in [0, 0.1) is 0 Å². The van der Waals surface area contributed by atoms with Crippen molar-refractivity contribution in [3.05, 3.63) is 24.0 Å². The molecule has 4 nitrogen and oxygen atoms in total. The number of pyridine rings is 1. The summed E-state index contributed by atoms with van der Waals surface area (Å²) in [6.45, 7) is 1.71. The Kier molecular flexibility index (Phi) is 2.42. The number of nitrogens with zero attached hydrogens (tertiary/aromatic N) is 1. The van der Waals surface area contributed by atoms with Gasteiger partial charge in [-0.05, 0) is 12.1 Å². The molecule has 13 heavy (non-hydrogen) atoms. The Balaban J connectivity index is 2.14. The van der Waals surface area contributed by atoms with Gasteiger partial charge in [-0.1, -0.05) is 0 Å². The molecule has 1 fully saturated rings. The van der Waals surface area contributed by atoms with Crippen LogP contribution in [0.3, 0.4) is 0 Å². The van der Waals surface area contributed by atoms with Crippen LogP contribution in [0.15, 0.2) is 18.3 Å². The Bertz CT molecular complexity index is 285. The van der Waals surface area contributed by atoms with Crippen LogP contribution in [0.5, 0.6) is 0 Å². The molecule has 0 aliphatic carbocycles. The maximum atomic E-state index is 5.64. The monoisotopic (exact) mass is 180 g/mol. The average molecular weight is 180 g/mol. The van der Waals surface area contributed by atoms with E-state index in [1.54, 1.807) is 12.3 Å². The van der Waals surface area contributed by atoms with Gasteiger partial charge in [-0.2, -0.15) is 0 Å². The lowest BCUT2D eigenvalue weighted by molar-refractivity contribution is -0.108. The third kappa shape index (κ3) is 1.96. The van der Waals surface area contributed by atoms with Gasteiger partial charge >= 0.3 is 0 Å². The molecule has 0 bridgehead atoms. The third-order valence-electron chi connectivity index (χ3n) is 2.03. The highest BCUT2D eigenvalue weighted by Crippen LogP contribution is 2.18. The van der Waals surface area contributed by atoms with E-state index < -0.39 is 0 Å². The first-order valence-corrected chi connectivity index (χ1v) is 4.23. The fourth-order valence-corrected chi connectivity index (χ4v) is 1.35. The van der Waals surface area contributed by atoms with Crippen LogP contribution in [0.1, 0.15) is 11.6 Å². The van der Waals surface area contributed by atoms with Crippen LogP contribution in [0.25, 0.3) is 0 Å². The largest absolute Gasteiger partial charge is 0.399 e. The molecule has 0 spiro atoms. The van der Waals surface area contributed by atoms with Crippen molar-refractivity contribution in [1.82, 2.24) is 4.98 Å². The van der Waals surface area contributed by atoms with Crippen molar-refractivity contribution in [2.24, 2.45) is 0 Å². The number of nitrogens with two attached hydrogens (primary N) is 1. The minimum atomic E-state index is 0.220. The Hall–Kier alpha value is -1.13. The van der Waals surface area contributed by atoms with Gasteiger partial charge in [-0.15, -0.1) is 0 Å². The van der Waals surface area contributed by atoms with E-state index in [-0.39, 0.29) is 5.92 Å². The summed E-state index contributed by atoms with van der Waals surface area (Å²) in [6, 6.07) is 3.64. The Morgan fingerprint density at radius 1 is 1.38 bits per heavy atom. The van der Waals surface area contributed by atoms with Crippen molar-refractivity contribution in [2.45, 2.75) is 5.92 Å². The molecule has 2 N–H and O–H groups in total. The molecule has 1 aromatic heterocycles. The zero-order chi connectivity index (χ0) is 9.10. The standard InChI is InChI=1S/C9H12N2O2/c10-8-1-2-11-9(3-8)7-4-12-6-13-5-7/h1-3,7H,4-6H2,(H2,10,11). The molecule has 70 valence electrons. The molecule has 4 heteroatoms. The summed E-state index contributed by atoms with van der Waals surface area (Å²) in [4.78, 5) is 4.22. The first-order valence-electron chi connectivity index (χ1n) is 4.23. The smallest absolute Gasteiger partial charge is 0.146 e. The van der Waals surface area contributed by atoms with Gasteiger partial charge in [0.1, 0.15) is 6.79 Å². The highest BCUT2D eigenvalue weighted by molar-refractivity contribution is 5.38. The molecule has 0 atom stereocenters. The average Bonchev–Trinajstić information content (AvgIpc) is 2.19. The van der Waals surface area contributed by atoms with E-state index in [4.69, 9.17) is 15.2 Å². The Morgan fingerprint density at radius 3 is 2.85 bits per heavy atom. The summed E-state index contributed by atoms with van der Waals surface area (Å²) in [5.74, 6) is 0.220. The fourth-order valence-electron chi connectivity index (χ4n) is 1.35. The zero-order valence-corrected chi connectivity index (χ0v) is 7.27. The van der Waals surface area contributed by atoms with E-state index in [9.17, 15) is 0 Å². The number of aromatic nitrogens is 1. The lowest BCUT2D eigenvalue weighted by Gasteiger charge is -2.21. The van der Waals surface area contributed by atoms with Crippen molar-refractivity contribution >= 4 is 5.69 Å². The second-order valence-electron chi connectivity index (χ2n) is 3.07. The normalized spacial score (nSPS) is 18.8. The van der Waals surface area contributed by atoms with Crippen LogP contribution in [-0.4, -0.2) is 25.0 Å². The van der Waals surface area contributed by atoms with Crippen LogP contribution in [0.4, 0.5) is 5.69 Å². The van der Waals surface area contributed by atoms with Crippen LogP contribution in [0.2, 0.25) is 0 Å². The van der Waals surface area contributed by atoms with Crippen LogP contribution in [-0.2, 0) is 9.47 Å². The van der Waals surface area contributed by atoms with E-state index in [0.29, 0.717) is 20.0 Å². The number of hydrogen-bond donors (Lipinski definition) is 1. The van der Waals surface area contributed by atoms with Gasteiger partial charge < -0.3 is 15.2 Å². The quantitative estimate of drug-likeness (QED) is 0.693. The lowest BCUT2D eigenvalue weighted by Crippen LogP contribution is -2.23. The molecule has 2 heterocycles. The predicted octanol–water partition coefficient (Wildman–Crippen LogP) is 0.752. The van der Waals surface area contributed by atoms with Gasteiger partial charge in [0.05, 0.1) is 18.9 Å². The number of nitrogen functional groups attached to an aromatic ring is 1. The van der Waals surface area contributed by atoms with Crippen molar-refractivity contribution in [2.75, 3.05) is 25.7 Å². The summed E-state index contributed by atoms with van der Waals surface area (Å²) >= 11 is 0. The van der Waals surface area contributed by atoms with Gasteiger partial charge in [0.25, 0.3) is 0 Å².